The molecular formula is C23H25N5O2. The molecule has 0 aliphatic rings. The summed E-state index contributed by atoms with van der Waals surface area (Å²) in [5.41, 5.74) is 5.91. The van der Waals surface area contributed by atoms with E-state index in [1.165, 1.54) is 0 Å². The molecule has 3 aromatic rings. The Morgan fingerprint density at radius 1 is 0.600 bits per heavy atom. The lowest BCUT2D eigenvalue weighted by Crippen LogP contribution is -2.22. The molecule has 3 rings (SSSR count). The van der Waals surface area contributed by atoms with Crippen molar-refractivity contribution in [3.8, 4) is 0 Å². The van der Waals surface area contributed by atoms with Gasteiger partial charge in [0.25, 0.3) is 0 Å². The van der Waals surface area contributed by atoms with Crippen LogP contribution in [0.4, 0.5) is 32.3 Å². The van der Waals surface area contributed by atoms with Crippen molar-refractivity contribution in [1.29, 1.82) is 0 Å². The van der Waals surface area contributed by atoms with Crippen LogP contribution in [0.5, 0.6) is 0 Å². The summed E-state index contributed by atoms with van der Waals surface area (Å²) in [5, 5.41) is 11.1. The Balaban J connectivity index is 1.68. The van der Waals surface area contributed by atoms with E-state index in [2.05, 4.69) is 26.3 Å². The molecule has 0 aliphatic carbocycles. The summed E-state index contributed by atoms with van der Waals surface area (Å²) in [6.45, 7) is 7.55. The number of aryl methyl sites for hydroxylation is 4. The summed E-state index contributed by atoms with van der Waals surface area (Å²) < 4.78 is 0. The van der Waals surface area contributed by atoms with Crippen LogP contribution in [0.15, 0.2) is 54.6 Å². The third kappa shape index (κ3) is 5.57. The number of carbonyl (C=O) groups excluding carboxylic acids is 2. The molecule has 30 heavy (non-hydrogen) atoms. The number of amides is 4. The van der Waals surface area contributed by atoms with Gasteiger partial charge >= 0.3 is 12.1 Å². The van der Waals surface area contributed by atoms with Crippen LogP contribution in [0.1, 0.15) is 22.5 Å². The van der Waals surface area contributed by atoms with Crippen molar-refractivity contribution >= 4 is 34.8 Å². The third-order valence-corrected chi connectivity index (χ3v) is 4.52. The maximum Gasteiger partial charge on any atom is 0.323 e. The van der Waals surface area contributed by atoms with Crippen LogP contribution in [0, 0.1) is 27.7 Å². The molecule has 7 nitrogen and oxygen atoms in total. The van der Waals surface area contributed by atoms with E-state index in [0.717, 1.165) is 11.1 Å². The van der Waals surface area contributed by atoms with Gasteiger partial charge in [0.15, 0.2) is 0 Å². The number of pyridine rings is 1. The van der Waals surface area contributed by atoms with Crippen LogP contribution in [-0.4, -0.2) is 17.0 Å². The summed E-state index contributed by atoms with van der Waals surface area (Å²) in [6.07, 6.45) is 0. The highest BCUT2D eigenvalue weighted by atomic mass is 16.2. The highest BCUT2D eigenvalue weighted by Gasteiger charge is 2.12. The van der Waals surface area contributed by atoms with Gasteiger partial charge in [-0.15, -0.1) is 0 Å². The Morgan fingerprint density at radius 2 is 0.967 bits per heavy atom. The van der Waals surface area contributed by atoms with Crippen LogP contribution in [0.2, 0.25) is 0 Å². The van der Waals surface area contributed by atoms with Crippen LogP contribution < -0.4 is 21.3 Å². The zero-order valence-corrected chi connectivity index (χ0v) is 17.5. The first-order valence-corrected chi connectivity index (χ1v) is 9.58. The molecule has 0 saturated carbocycles. The first kappa shape index (κ1) is 20.9. The van der Waals surface area contributed by atoms with E-state index in [1.807, 2.05) is 62.4 Å². The maximum atomic E-state index is 12.4. The van der Waals surface area contributed by atoms with Gasteiger partial charge in [-0.2, -0.15) is 0 Å². The van der Waals surface area contributed by atoms with Gasteiger partial charge in [0.1, 0.15) is 0 Å². The molecule has 154 valence electrons. The second-order valence-corrected chi connectivity index (χ2v) is 7.14. The predicted octanol–water partition coefficient (Wildman–Crippen LogP) is 5.60. The number of hydrogen-bond acceptors (Lipinski definition) is 3. The second kappa shape index (κ2) is 9.09. The predicted molar refractivity (Wildman–Crippen MR) is 121 cm³/mol. The average molecular weight is 403 g/mol. The van der Waals surface area contributed by atoms with Gasteiger partial charge in [0.05, 0.1) is 22.8 Å². The second-order valence-electron chi connectivity index (χ2n) is 7.14. The summed E-state index contributed by atoms with van der Waals surface area (Å²) in [6, 6.07) is 15.9. The zero-order chi connectivity index (χ0) is 21.7. The number of rotatable bonds is 4. The number of urea groups is 2. The summed E-state index contributed by atoms with van der Waals surface area (Å²) >= 11 is 0. The Kier molecular flexibility index (Phi) is 6.32. The van der Waals surface area contributed by atoms with Crippen molar-refractivity contribution in [2.24, 2.45) is 0 Å². The van der Waals surface area contributed by atoms with Crippen LogP contribution in [0.3, 0.4) is 0 Å². The van der Waals surface area contributed by atoms with Crippen molar-refractivity contribution in [3.05, 3.63) is 77.1 Å². The van der Waals surface area contributed by atoms with Crippen LogP contribution >= 0.6 is 0 Å². The summed E-state index contributed by atoms with van der Waals surface area (Å²) in [5.74, 6) is 0. The Bertz CT molecular complexity index is 977. The molecule has 0 atom stereocenters. The molecule has 0 radical (unpaired) electrons. The fourth-order valence-electron chi connectivity index (χ4n) is 2.82. The third-order valence-electron chi connectivity index (χ3n) is 4.52. The molecule has 4 amide bonds. The molecular weight excluding hydrogens is 378 g/mol. The van der Waals surface area contributed by atoms with Crippen molar-refractivity contribution in [3.63, 3.8) is 0 Å². The molecule has 1 aromatic heterocycles. The Labute approximate surface area is 175 Å². The first-order chi connectivity index (χ1) is 14.3. The van der Waals surface area contributed by atoms with E-state index in [9.17, 15) is 9.59 Å². The topological polar surface area (TPSA) is 95.2 Å². The standard InChI is InChI=1S/C23H25N5O2/c1-14-5-9-18(10-6-14)25-22(29)27-20-13-21(17(4)24-16(20)3)28-23(30)26-19-11-7-15(2)8-12-19/h5-13H,1-4H3,(H2,25,27,29)(H2,26,28,30). The minimum Gasteiger partial charge on any atom is -0.308 e. The van der Waals surface area contributed by atoms with Gasteiger partial charge in [0, 0.05) is 11.4 Å². The molecule has 0 unspecified atom stereocenters. The molecule has 0 spiro atoms. The van der Waals surface area contributed by atoms with E-state index in [0.29, 0.717) is 34.1 Å². The molecule has 0 aliphatic heterocycles. The van der Waals surface area contributed by atoms with Crippen molar-refractivity contribution in [2.75, 3.05) is 21.3 Å². The monoisotopic (exact) mass is 403 g/mol. The van der Waals surface area contributed by atoms with Crippen molar-refractivity contribution < 1.29 is 9.59 Å². The molecule has 2 aromatic carbocycles. The van der Waals surface area contributed by atoms with Gasteiger partial charge in [-0.1, -0.05) is 35.4 Å². The van der Waals surface area contributed by atoms with E-state index < -0.39 is 0 Å². The van der Waals surface area contributed by atoms with Gasteiger partial charge in [0.2, 0.25) is 0 Å². The molecule has 0 saturated heterocycles. The average Bonchev–Trinajstić information content (AvgIpc) is 2.69. The van der Waals surface area contributed by atoms with Gasteiger partial charge in [-0.3, -0.25) is 4.98 Å². The van der Waals surface area contributed by atoms with E-state index in [4.69, 9.17) is 0 Å². The molecule has 0 bridgehead atoms. The fraction of sp³-hybridized carbons (Fsp3) is 0.174. The van der Waals surface area contributed by atoms with Crippen molar-refractivity contribution in [2.45, 2.75) is 27.7 Å². The molecule has 7 heteroatoms. The van der Waals surface area contributed by atoms with E-state index >= 15 is 0 Å². The number of nitrogens with one attached hydrogen (secondary N) is 4. The lowest BCUT2D eigenvalue weighted by molar-refractivity contribution is 0.261. The maximum absolute atomic E-state index is 12.4. The lowest BCUT2D eigenvalue weighted by Gasteiger charge is -2.14. The Morgan fingerprint density at radius 3 is 1.33 bits per heavy atom. The quantitative estimate of drug-likeness (QED) is 0.456. The van der Waals surface area contributed by atoms with Gasteiger partial charge < -0.3 is 21.3 Å². The lowest BCUT2D eigenvalue weighted by atomic mass is 10.2. The number of nitrogens with zero attached hydrogens (tertiary/aromatic N) is 1. The molecule has 0 fully saturated rings. The number of anilines is 4. The number of hydrogen-bond donors (Lipinski definition) is 4. The van der Waals surface area contributed by atoms with E-state index in [-0.39, 0.29) is 12.1 Å². The SMILES string of the molecule is Cc1ccc(NC(=O)Nc2cc(NC(=O)Nc3ccc(C)cc3)c(C)nc2C)cc1. The minimum absolute atomic E-state index is 0.386. The number of carbonyl (C=O) groups is 2. The largest absolute Gasteiger partial charge is 0.323 e. The number of aromatic nitrogens is 1. The number of benzene rings is 2. The normalized spacial score (nSPS) is 10.3. The molecule has 1 heterocycles. The van der Waals surface area contributed by atoms with Gasteiger partial charge in [-0.05, 0) is 58.0 Å². The van der Waals surface area contributed by atoms with Gasteiger partial charge in [-0.25, -0.2) is 9.59 Å². The Hall–Kier alpha value is -3.87. The first-order valence-electron chi connectivity index (χ1n) is 9.58. The van der Waals surface area contributed by atoms with Crippen LogP contribution in [-0.2, 0) is 0 Å². The minimum atomic E-state index is -0.386. The summed E-state index contributed by atoms with van der Waals surface area (Å²) in [4.78, 5) is 29.1. The zero-order valence-electron chi connectivity index (χ0n) is 17.5. The fourth-order valence-corrected chi connectivity index (χ4v) is 2.82. The molecule has 4 N–H and O–H groups in total. The van der Waals surface area contributed by atoms with E-state index in [1.54, 1.807) is 19.9 Å². The van der Waals surface area contributed by atoms with Crippen molar-refractivity contribution in [1.82, 2.24) is 4.98 Å². The summed E-state index contributed by atoms with van der Waals surface area (Å²) in [7, 11) is 0. The highest BCUT2D eigenvalue weighted by molar-refractivity contribution is 6.02. The smallest absolute Gasteiger partial charge is 0.308 e. The van der Waals surface area contributed by atoms with Crippen LogP contribution in [0.25, 0.3) is 0 Å². The highest BCUT2D eigenvalue weighted by Crippen LogP contribution is 2.22.